The Morgan fingerprint density at radius 2 is 1.76 bits per heavy atom. The summed E-state index contributed by atoms with van der Waals surface area (Å²) in [6.07, 6.45) is 0. The second-order valence-electron chi connectivity index (χ2n) is 7.52. The summed E-state index contributed by atoms with van der Waals surface area (Å²) < 4.78 is 0. The Bertz CT molecular complexity index is 447. The van der Waals surface area contributed by atoms with Crippen molar-refractivity contribution in [3.63, 3.8) is 0 Å². The number of rotatable bonds is 6. The van der Waals surface area contributed by atoms with E-state index in [4.69, 9.17) is 11.6 Å². The van der Waals surface area contributed by atoms with Crippen molar-refractivity contribution in [1.29, 1.82) is 0 Å². The first-order valence-electron chi connectivity index (χ1n) is 7.90. The monoisotopic (exact) mass is 310 g/mol. The van der Waals surface area contributed by atoms with Crippen LogP contribution in [0.1, 0.15) is 54.0 Å². The van der Waals surface area contributed by atoms with E-state index in [0.29, 0.717) is 12.0 Å². The maximum atomic E-state index is 6.48. The van der Waals surface area contributed by atoms with Gasteiger partial charge in [0.15, 0.2) is 0 Å². The highest BCUT2D eigenvalue weighted by atomic mass is 35.5. The summed E-state index contributed by atoms with van der Waals surface area (Å²) in [6.45, 7) is 17.3. The molecule has 0 radical (unpaired) electrons. The molecule has 120 valence electrons. The molecule has 0 aliphatic heterocycles. The lowest BCUT2D eigenvalue weighted by Crippen LogP contribution is -2.35. The predicted molar refractivity (Wildman–Crippen MR) is 95.4 cm³/mol. The van der Waals surface area contributed by atoms with E-state index >= 15 is 0 Å². The van der Waals surface area contributed by atoms with Gasteiger partial charge in [0.2, 0.25) is 0 Å². The van der Waals surface area contributed by atoms with Crippen LogP contribution in [-0.2, 0) is 6.54 Å². The molecule has 1 rings (SSSR count). The normalized spacial score (nSPS) is 12.3. The van der Waals surface area contributed by atoms with E-state index in [-0.39, 0.29) is 5.54 Å². The van der Waals surface area contributed by atoms with Gasteiger partial charge in [0.1, 0.15) is 0 Å². The summed E-state index contributed by atoms with van der Waals surface area (Å²) in [7, 11) is 0. The van der Waals surface area contributed by atoms with Gasteiger partial charge >= 0.3 is 0 Å². The predicted octanol–water partition coefficient (Wildman–Crippen LogP) is 5.10. The number of hydrogen-bond donors (Lipinski definition) is 1. The lowest BCUT2D eigenvalue weighted by Gasteiger charge is -2.31. The number of nitrogens with one attached hydrogen (secondary N) is 1. The van der Waals surface area contributed by atoms with Gasteiger partial charge in [-0.25, -0.2) is 0 Å². The Morgan fingerprint density at radius 1 is 1.14 bits per heavy atom. The number of hydrogen-bond acceptors (Lipinski definition) is 2. The number of benzene rings is 1. The summed E-state index contributed by atoms with van der Waals surface area (Å²) >= 11 is 6.48. The number of nitrogens with zero attached hydrogens (tertiary/aromatic N) is 1. The minimum atomic E-state index is 0.101. The highest BCUT2D eigenvalue weighted by molar-refractivity contribution is 6.31. The largest absolute Gasteiger partial charge is 0.369 e. The van der Waals surface area contributed by atoms with E-state index in [1.165, 1.54) is 5.69 Å². The van der Waals surface area contributed by atoms with Gasteiger partial charge in [-0.3, -0.25) is 0 Å². The van der Waals surface area contributed by atoms with Crippen molar-refractivity contribution in [1.82, 2.24) is 5.32 Å². The summed E-state index contributed by atoms with van der Waals surface area (Å²) in [5.41, 5.74) is 2.47. The van der Waals surface area contributed by atoms with Crippen molar-refractivity contribution in [3.8, 4) is 0 Å². The van der Waals surface area contributed by atoms with E-state index in [0.717, 1.165) is 23.7 Å². The van der Waals surface area contributed by atoms with Crippen LogP contribution in [0.2, 0.25) is 5.02 Å². The van der Waals surface area contributed by atoms with Gasteiger partial charge in [0.25, 0.3) is 0 Å². The first-order chi connectivity index (χ1) is 9.60. The molecule has 0 aromatic heterocycles. The third-order valence-corrected chi connectivity index (χ3v) is 3.71. The van der Waals surface area contributed by atoms with Gasteiger partial charge in [0.05, 0.1) is 0 Å². The van der Waals surface area contributed by atoms with Crippen LogP contribution in [0.15, 0.2) is 18.2 Å². The summed E-state index contributed by atoms with van der Waals surface area (Å²) in [5.74, 6) is 0.633. The molecule has 3 heteroatoms. The summed E-state index contributed by atoms with van der Waals surface area (Å²) in [5, 5.41) is 4.33. The fraction of sp³-hybridized carbons (Fsp3) is 0.667. The van der Waals surface area contributed by atoms with Crippen LogP contribution < -0.4 is 10.2 Å². The average Bonchev–Trinajstić information content (AvgIpc) is 2.32. The van der Waals surface area contributed by atoms with E-state index < -0.39 is 0 Å². The van der Waals surface area contributed by atoms with Crippen LogP contribution in [0.25, 0.3) is 0 Å². The standard InChI is InChI=1S/C18H31ClN2/c1-13(2)12-21(14(3)4)16-9-8-15(17(19)10-16)11-20-18(5,6)7/h8-10,13-14,20H,11-12H2,1-7H3. The molecule has 0 heterocycles. The van der Waals surface area contributed by atoms with Crippen LogP contribution in [0.3, 0.4) is 0 Å². The molecule has 0 spiro atoms. The van der Waals surface area contributed by atoms with Gasteiger partial charge < -0.3 is 10.2 Å². The zero-order valence-corrected chi connectivity index (χ0v) is 15.4. The van der Waals surface area contributed by atoms with Crippen molar-refractivity contribution in [2.75, 3.05) is 11.4 Å². The second kappa shape index (κ2) is 7.51. The molecule has 0 bridgehead atoms. The maximum Gasteiger partial charge on any atom is 0.0471 e. The van der Waals surface area contributed by atoms with Gasteiger partial charge in [0, 0.05) is 35.4 Å². The molecule has 0 aliphatic rings. The average molecular weight is 311 g/mol. The van der Waals surface area contributed by atoms with Crippen molar-refractivity contribution in [2.45, 2.75) is 66.6 Å². The van der Waals surface area contributed by atoms with Gasteiger partial charge in [-0.05, 0) is 58.2 Å². The van der Waals surface area contributed by atoms with Crippen molar-refractivity contribution >= 4 is 17.3 Å². The molecule has 2 nitrogen and oxygen atoms in total. The molecular weight excluding hydrogens is 280 g/mol. The third-order valence-electron chi connectivity index (χ3n) is 3.36. The first-order valence-corrected chi connectivity index (χ1v) is 8.28. The van der Waals surface area contributed by atoms with E-state index in [2.05, 4.69) is 76.9 Å². The van der Waals surface area contributed by atoms with E-state index in [9.17, 15) is 0 Å². The maximum absolute atomic E-state index is 6.48. The molecule has 0 amide bonds. The van der Waals surface area contributed by atoms with Crippen LogP contribution >= 0.6 is 11.6 Å². The topological polar surface area (TPSA) is 15.3 Å². The van der Waals surface area contributed by atoms with E-state index in [1.807, 2.05) is 0 Å². The zero-order valence-electron chi connectivity index (χ0n) is 14.6. The second-order valence-corrected chi connectivity index (χ2v) is 7.93. The van der Waals surface area contributed by atoms with Crippen LogP contribution in [0.4, 0.5) is 5.69 Å². The molecule has 0 atom stereocenters. The highest BCUT2D eigenvalue weighted by Crippen LogP contribution is 2.26. The van der Waals surface area contributed by atoms with Crippen molar-refractivity contribution < 1.29 is 0 Å². The molecule has 1 aromatic carbocycles. The van der Waals surface area contributed by atoms with Crippen LogP contribution in [0, 0.1) is 5.92 Å². The Labute approximate surface area is 135 Å². The van der Waals surface area contributed by atoms with Gasteiger partial charge in [-0.1, -0.05) is 31.5 Å². The summed E-state index contributed by atoms with van der Waals surface area (Å²) in [6, 6.07) is 6.91. The Kier molecular flexibility index (Phi) is 6.55. The minimum Gasteiger partial charge on any atom is -0.369 e. The fourth-order valence-corrected chi connectivity index (χ4v) is 2.47. The third kappa shape index (κ3) is 6.27. The Balaban J connectivity index is 2.89. The molecule has 0 fully saturated rings. The lowest BCUT2D eigenvalue weighted by molar-refractivity contribution is 0.424. The molecule has 1 N–H and O–H groups in total. The lowest BCUT2D eigenvalue weighted by atomic mass is 10.1. The Morgan fingerprint density at radius 3 is 2.19 bits per heavy atom. The first kappa shape index (κ1) is 18.3. The molecule has 21 heavy (non-hydrogen) atoms. The molecule has 0 unspecified atom stereocenters. The Hall–Kier alpha value is -0.730. The SMILES string of the molecule is CC(C)CN(c1ccc(CNC(C)(C)C)c(Cl)c1)C(C)C. The molecule has 0 saturated carbocycles. The van der Waals surface area contributed by atoms with Crippen LogP contribution in [0.5, 0.6) is 0 Å². The van der Waals surface area contributed by atoms with Gasteiger partial charge in [-0.15, -0.1) is 0 Å². The minimum absolute atomic E-state index is 0.101. The number of halogens is 1. The van der Waals surface area contributed by atoms with Gasteiger partial charge in [-0.2, -0.15) is 0 Å². The molecular formula is C18H31ClN2. The quantitative estimate of drug-likeness (QED) is 0.786. The molecule has 0 aliphatic carbocycles. The highest BCUT2D eigenvalue weighted by Gasteiger charge is 2.15. The molecule has 1 aromatic rings. The van der Waals surface area contributed by atoms with Crippen LogP contribution in [-0.4, -0.2) is 18.1 Å². The van der Waals surface area contributed by atoms with Crippen molar-refractivity contribution in [3.05, 3.63) is 28.8 Å². The fourth-order valence-electron chi connectivity index (χ4n) is 2.23. The molecule has 0 saturated heterocycles. The van der Waals surface area contributed by atoms with Crippen molar-refractivity contribution in [2.24, 2.45) is 5.92 Å². The smallest absolute Gasteiger partial charge is 0.0471 e. The summed E-state index contributed by atoms with van der Waals surface area (Å²) in [4.78, 5) is 2.41. The zero-order chi connectivity index (χ0) is 16.2. The van der Waals surface area contributed by atoms with E-state index in [1.54, 1.807) is 0 Å². The number of anilines is 1.